The number of nitrogens with two attached hydrogens (primary N) is 1. The van der Waals surface area contributed by atoms with Gasteiger partial charge in [0.15, 0.2) is 5.89 Å². The highest BCUT2D eigenvalue weighted by atomic mass is 35.5. The Balaban J connectivity index is 2.18. The van der Waals surface area contributed by atoms with E-state index in [2.05, 4.69) is 4.98 Å². The Hall–Kier alpha value is -1.32. The number of aromatic nitrogens is 1. The molecule has 1 heterocycles. The molecule has 3 nitrogen and oxygen atoms in total. The van der Waals surface area contributed by atoms with Crippen LogP contribution in [0, 0.1) is 0 Å². The Morgan fingerprint density at radius 2 is 2.19 bits per heavy atom. The molecule has 0 bridgehead atoms. The lowest BCUT2D eigenvalue weighted by Crippen LogP contribution is -2.05. The van der Waals surface area contributed by atoms with Crippen molar-refractivity contribution in [3.63, 3.8) is 0 Å². The normalized spacial score (nSPS) is 12.7. The summed E-state index contributed by atoms with van der Waals surface area (Å²) < 4.78 is 5.34. The highest BCUT2D eigenvalue weighted by Gasteiger charge is 2.09. The summed E-state index contributed by atoms with van der Waals surface area (Å²) in [6.07, 6.45) is 2.18. The van der Waals surface area contributed by atoms with E-state index < -0.39 is 0 Å². The fourth-order valence-corrected chi connectivity index (χ4v) is 1.62. The van der Waals surface area contributed by atoms with Crippen LogP contribution in [0.15, 0.2) is 34.9 Å². The highest BCUT2D eigenvalue weighted by Crippen LogP contribution is 2.19. The Labute approximate surface area is 99.2 Å². The second-order valence-corrected chi connectivity index (χ2v) is 4.13. The molecular formula is C12H13ClN2O. The molecule has 0 aliphatic rings. The quantitative estimate of drug-likeness (QED) is 0.892. The molecule has 1 unspecified atom stereocenters. The molecule has 0 aliphatic heterocycles. The summed E-state index contributed by atoms with van der Waals surface area (Å²) in [5, 5.41) is 0.725. The van der Waals surface area contributed by atoms with Crippen LogP contribution in [-0.4, -0.2) is 4.98 Å². The Morgan fingerprint density at radius 1 is 1.44 bits per heavy atom. The van der Waals surface area contributed by atoms with E-state index in [1.165, 1.54) is 0 Å². The second-order valence-electron chi connectivity index (χ2n) is 3.72. The first kappa shape index (κ1) is 11.2. The van der Waals surface area contributed by atoms with Gasteiger partial charge in [0.05, 0.1) is 12.1 Å². The SMILES string of the molecule is CC(N)c1coc(Cc2ccccc2Cl)n1. The fraction of sp³-hybridized carbons (Fsp3) is 0.250. The van der Waals surface area contributed by atoms with Crippen molar-refractivity contribution in [2.75, 3.05) is 0 Å². The van der Waals surface area contributed by atoms with E-state index in [0.29, 0.717) is 12.3 Å². The molecule has 0 aliphatic carbocycles. The number of oxazole rings is 1. The molecule has 1 atom stereocenters. The molecule has 2 rings (SSSR count). The van der Waals surface area contributed by atoms with E-state index in [-0.39, 0.29) is 6.04 Å². The maximum Gasteiger partial charge on any atom is 0.198 e. The zero-order valence-corrected chi connectivity index (χ0v) is 9.74. The number of halogens is 1. The second kappa shape index (κ2) is 4.68. The zero-order valence-electron chi connectivity index (χ0n) is 8.98. The van der Waals surface area contributed by atoms with Crippen LogP contribution in [0.4, 0.5) is 0 Å². The first-order valence-corrected chi connectivity index (χ1v) is 5.48. The Bertz CT molecular complexity index is 479. The van der Waals surface area contributed by atoms with E-state index in [0.717, 1.165) is 16.3 Å². The van der Waals surface area contributed by atoms with Gasteiger partial charge in [-0.2, -0.15) is 0 Å². The molecule has 1 aromatic heterocycles. The lowest BCUT2D eigenvalue weighted by atomic mass is 10.1. The van der Waals surface area contributed by atoms with Crippen LogP contribution < -0.4 is 5.73 Å². The minimum absolute atomic E-state index is 0.108. The van der Waals surface area contributed by atoms with E-state index in [9.17, 15) is 0 Å². The summed E-state index contributed by atoms with van der Waals surface area (Å²) in [6.45, 7) is 1.87. The minimum atomic E-state index is -0.108. The number of nitrogens with zero attached hydrogens (tertiary/aromatic N) is 1. The molecule has 0 saturated carbocycles. The van der Waals surface area contributed by atoms with Gasteiger partial charge in [-0.3, -0.25) is 0 Å². The first-order chi connectivity index (χ1) is 7.66. The highest BCUT2D eigenvalue weighted by molar-refractivity contribution is 6.31. The molecule has 1 aromatic carbocycles. The molecule has 0 fully saturated rings. The van der Waals surface area contributed by atoms with E-state index >= 15 is 0 Å². The van der Waals surface area contributed by atoms with Gasteiger partial charge in [-0.1, -0.05) is 29.8 Å². The van der Waals surface area contributed by atoms with Crippen LogP contribution in [0.25, 0.3) is 0 Å². The van der Waals surface area contributed by atoms with Gasteiger partial charge in [0, 0.05) is 11.1 Å². The van der Waals surface area contributed by atoms with Crippen LogP contribution in [0.1, 0.15) is 30.1 Å². The maximum atomic E-state index is 6.05. The lowest BCUT2D eigenvalue weighted by Gasteiger charge is -2.00. The van der Waals surface area contributed by atoms with Crippen molar-refractivity contribution in [1.82, 2.24) is 4.98 Å². The monoisotopic (exact) mass is 236 g/mol. The fourth-order valence-electron chi connectivity index (χ4n) is 1.42. The number of hydrogen-bond donors (Lipinski definition) is 1. The van der Waals surface area contributed by atoms with Crippen molar-refractivity contribution in [1.29, 1.82) is 0 Å². The summed E-state index contributed by atoms with van der Waals surface area (Å²) in [7, 11) is 0. The van der Waals surface area contributed by atoms with Crippen molar-refractivity contribution in [3.8, 4) is 0 Å². The lowest BCUT2D eigenvalue weighted by molar-refractivity contribution is 0.506. The van der Waals surface area contributed by atoms with Gasteiger partial charge >= 0.3 is 0 Å². The summed E-state index contributed by atoms with van der Waals surface area (Å²) in [5.41, 5.74) is 7.47. The zero-order chi connectivity index (χ0) is 11.5. The third-order valence-electron chi connectivity index (χ3n) is 2.34. The number of hydrogen-bond acceptors (Lipinski definition) is 3. The number of benzene rings is 1. The smallest absolute Gasteiger partial charge is 0.198 e. The van der Waals surface area contributed by atoms with Gasteiger partial charge in [0.25, 0.3) is 0 Å². The van der Waals surface area contributed by atoms with Crippen LogP contribution in [0.5, 0.6) is 0 Å². The molecule has 0 saturated heterocycles. The largest absolute Gasteiger partial charge is 0.448 e. The molecular weight excluding hydrogens is 224 g/mol. The molecule has 4 heteroatoms. The van der Waals surface area contributed by atoms with Crippen molar-refractivity contribution in [3.05, 3.63) is 52.7 Å². The van der Waals surface area contributed by atoms with E-state index in [4.69, 9.17) is 21.8 Å². The van der Waals surface area contributed by atoms with Gasteiger partial charge in [0.1, 0.15) is 6.26 Å². The van der Waals surface area contributed by atoms with Gasteiger partial charge in [0.2, 0.25) is 0 Å². The van der Waals surface area contributed by atoms with Crippen LogP contribution in [0.3, 0.4) is 0 Å². The van der Waals surface area contributed by atoms with E-state index in [1.807, 2.05) is 31.2 Å². The van der Waals surface area contributed by atoms with E-state index in [1.54, 1.807) is 6.26 Å². The molecule has 84 valence electrons. The van der Waals surface area contributed by atoms with Crippen molar-refractivity contribution in [2.24, 2.45) is 5.73 Å². The molecule has 0 spiro atoms. The topological polar surface area (TPSA) is 52.0 Å². The standard InChI is InChI=1S/C12H13ClN2O/c1-8(14)11-7-16-12(15-11)6-9-4-2-3-5-10(9)13/h2-5,7-8H,6,14H2,1H3. The van der Waals surface area contributed by atoms with Crippen LogP contribution >= 0.6 is 11.6 Å². The van der Waals surface area contributed by atoms with Crippen LogP contribution in [0.2, 0.25) is 5.02 Å². The van der Waals surface area contributed by atoms with Gasteiger partial charge in [-0.05, 0) is 18.6 Å². The average Bonchev–Trinajstić information content (AvgIpc) is 2.70. The molecule has 0 radical (unpaired) electrons. The maximum absolute atomic E-state index is 6.05. The summed E-state index contributed by atoms with van der Waals surface area (Å²) in [4.78, 5) is 4.30. The van der Waals surface area contributed by atoms with Crippen molar-refractivity contribution in [2.45, 2.75) is 19.4 Å². The average molecular weight is 237 g/mol. The predicted molar refractivity (Wildman–Crippen MR) is 63.4 cm³/mol. The Kier molecular flexibility index (Phi) is 3.27. The number of rotatable bonds is 3. The predicted octanol–water partition coefficient (Wildman–Crippen LogP) is 2.94. The van der Waals surface area contributed by atoms with Gasteiger partial charge in [-0.15, -0.1) is 0 Å². The Morgan fingerprint density at radius 3 is 2.81 bits per heavy atom. The van der Waals surface area contributed by atoms with Gasteiger partial charge in [-0.25, -0.2) is 4.98 Å². The van der Waals surface area contributed by atoms with Crippen molar-refractivity contribution >= 4 is 11.6 Å². The first-order valence-electron chi connectivity index (χ1n) is 5.10. The minimum Gasteiger partial charge on any atom is -0.448 e. The molecule has 2 aromatic rings. The van der Waals surface area contributed by atoms with Gasteiger partial charge < -0.3 is 10.2 Å². The van der Waals surface area contributed by atoms with Crippen LogP contribution in [-0.2, 0) is 6.42 Å². The van der Waals surface area contributed by atoms with Crippen molar-refractivity contribution < 1.29 is 4.42 Å². The molecule has 2 N–H and O–H groups in total. The third kappa shape index (κ3) is 2.43. The third-order valence-corrected chi connectivity index (χ3v) is 2.70. The molecule has 16 heavy (non-hydrogen) atoms. The molecule has 0 amide bonds. The summed E-state index contributed by atoms with van der Waals surface area (Å²) >= 11 is 6.05. The summed E-state index contributed by atoms with van der Waals surface area (Å²) in [5.74, 6) is 0.639. The summed E-state index contributed by atoms with van der Waals surface area (Å²) in [6, 6.07) is 7.54.